The standard InChI is InChI=1S/C8H15NO2S/c1-6(12)8(10)5-9-3-7(4-9)11-2/h6-7,12H,3-5H2,1-2H3. The Kier molecular flexibility index (Phi) is 3.55. The summed E-state index contributed by atoms with van der Waals surface area (Å²) in [5.41, 5.74) is 0. The van der Waals surface area contributed by atoms with Crippen LogP contribution in [0.4, 0.5) is 0 Å². The summed E-state index contributed by atoms with van der Waals surface area (Å²) in [5.74, 6) is 0.188. The topological polar surface area (TPSA) is 29.5 Å². The molecular weight excluding hydrogens is 174 g/mol. The van der Waals surface area contributed by atoms with Gasteiger partial charge in [-0.05, 0) is 6.92 Å². The van der Waals surface area contributed by atoms with Gasteiger partial charge in [-0.15, -0.1) is 0 Å². The van der Waals surface area contributed by atoms with Crippen LogP contribution in [0.5, 0.6) is 0 Å². The van der Waals surface area contributed by atoms with Gasteiger partial charge in [0, 0.05) is 20.2 Å². The van der Waals surface area contributed by atoms with E-state index in [0.717, 1.165) is 13.1 Å². The average molecular weight is 189 g/mol. The second-order valence-electron chi connectivity index (χ2n) is 3.19. The summed E-state index contributed by atoms with van der Waals surface area (Å²) in [6.07, 6.45) is 0.327. The van der Waals surface area contributed by atoms with Crippen LogP contribution in [-0.2, 0) is 9.53 Å². The van der Waals surface area contributed by atoms with E-state index in [9.17, 15) is 4.79 Å². The van der Waals surface area contributed by atoms with Gasteiger partial charge in [-0.2, -0.15) is 12.6 Å². The second-order valence-corrected chi connectivity index (χ2v) is 3.97. The first-order valence-electron chi connectivity index (χ1n) is 4.09. The first kappa shape index (κ1) is 10.0. The van der Waals surface area contributed by atoms with E-state index in [0.29, 0.717) is 12.6 Å². The number of nitrogens with zero attached hydrogens (tertiary/aromatic N) is 1. The van der Waals surface area contributed by atoms with E-state index in [1.54, 1.807) is 14.0 Å². The molecule has 0 aliphatic carbocycles. The molecule has 1 atom stereocenters. The number of likely N-dealkylation sites (tertiary alicyclic amines) is 1. The van der Waals surface area contributed by atoms with Gasteiger partial charge in [-0.3, -0.25) is 9.69 Å². The lowest BCUT2D eigenvalue weighted by molar-refractivity contribution is -0.122. The molecule has 0 aromatic heterocycles. The van der Waals surface area contributed by atoms with E-state index in [1.165, 1.54) is 0 Å². The summed E-state index contributed by atoms with van der Waals surface area (Å²) in [7, 11) is 1.70. The molecule has 1 aliphatic rings. The minimum atomic E-state index is -0.147. The van der Waals surface area contributed by atoms with Crippen molar-refractivity contribution in [3.05, 3.63) is 0 Å². The monoisotopic (exact) mass is 189 g/mol. The van der Waals surface area contributed by atoms with Crippen molar-refractivity contribution in [3.8, 4) is 0 Å². The van der Waals surface area contributed by atoms with Crippen LogP contribution in [0.3, 0.4) is 0 Å². The average Bonchev–Trinajstić information content (AvgIpc) is 1.94. The summed E-state index contributed by atoms with van der Waals surface area (Å²) in [5, 5.41) is -0.147. The molecule has 1 fully saturated rings. The molecule has 70 valence electrons. The molecule has 0 aromatic rings. The fourth-order valence-corrected chi connectivity index (χ4v) is 1.23. The third-order valence-electron chi connectivity index (χ3n) is 2.10. The highest BCUT2D eigenvalue weighted by molar-refractivity contribution is 7.81. The Morgan fingerprint density at radius 2 is 2.33 bits per heavy atom. The van der Waals surface area contributed by atoms with E-state index in [1.807, 2.05) is 0 Å². The highest BCUT2D eigenvalue weighted by Crippen LogP contribution is 2.10. The molecule has 1 aliphatic heterocycles. The maximum atomic E-state index is 11.2. The molecule has 1 saturated heterocycles. The third-order valence-corrected chi connectivity index (χ3v) is 2.39. The minimum absolute atomic E-state index is 0.147. The number of carbonyl (C=O) groups is 1. The predicted molar refractivity (Wildman–Crippen MR) is 50.7 cm³/mol. The number of ether oxygens (including phenoxy) is 1. The van der Waals surface area contributed by atoms with Gasteiger partial charge in [0.15, 0.2) is 5.78 Å². The number of hydrogen-bond acceptors (Lipinski definition) is 4. The largest absolute Gasteiger partial charge is 0.379 e. The summed E-state index contributed by atoms with van der Waals surface area (Å²) < 4.78 is 5.09. The van der Waals surface area contributed by atoms with Crippen LogP contribution in [-0.4, -0.2) is 48.8 Å². The number of hydrogen-bond donors (Lipinski definition) is 1. The van der Waals surface area contributed by atoms with Crippen LogP contribution in [0.2, 0.25) is 0 Å². The first-order chi connectivity index (χ1) is 5.63. The van der Waals surface area contributed by atoms with Crippen LogP contribution in [0.1, 0.15) is 6.92 Å². The number of ketones is 1. The van der Waals surface area contributed by atoms with Gasteiger partial charge in [0.05, 0.1) is 17.9 Å². The zero-order valence-corrected chi connectivity index (χ0v) is 8.38. The summed E-state index contributed by atoms with van der Waals surface area (Å²) in [6.45, 7) is 4.08. The molecule has 0 N–H and O–H groups in total. The van der Waals surface area contributed by atoms with Gasteiger partial charge in [0.2, 0.25) is 0 Å². The SMILES string of the molecule is COC1CN(CC(=O)C(C)S)C1. The highest BCUT2D eigenvalue weighted by atomic mass is 32.1. The van der Waals surface area contributed by atoms with Gasteiger partial charge < -0.3 is 4.74 Å². The van der Waals surface area contributed by atoms with E-state index < -0.39 is 0 Å². The zero-order valence-electron chi connectivity index (χ0n) is 7.49. The quantitative estimate of drug-likeness (QED) is 0.641. The predicted octanol–water partition coefficient (Wildman–Crippen LogP) is 0.204. The molecular formula is C8H15NO2S. The lowest BCUT2D eigenvalue weighted by atomic mass is 10.1. The molecule has 0 bridgehead atoms. The molecule has 1 heterocycles. The van der Waals surface area contributed by atoms with Crippen LogP contribution >= 0.6 is 12.6 Å². The number of rotatable bonds is 4. The first-order valence-corrected chi connectivity index (χ1v) is 4.61. The van der Waals surface area contributed by atoms with Crippen LogP contribution in [0.25, 0.3) is 0 Å². The van der Waals surface area contributed by atoms with Crippen molar-refractivity contribution in [2.45, 2.75) is 18.3 Å². The molecule has 0 spiro atoms. The van der Waals surface area contributed by atoms with Crippen molar-refractivity contribution < 1.29 is 9.53 Å². The van der Waals surface area contributed by atoms with Crippen LogP contribution in [0, 0.1) is 0 Å². The van der Waals surface area contributed by atoms with Crippen molar-refractivity contribution in [1.82, 2.24) is 4.90 Å². The smallest absolute Gasteiger partial charge is 0.159 e. The Morgan fingerprint density at radius 3 is 2.75 bits per heavy atom. The van der Waals surface area contributed by atoms with Crippen LogP contribution in [0.15, 0.2) is 0 Å². The molecule has 0 aromatic carbocycles. The molecule has 4 heteroatoms. The van der Waals surface area contributed by atoms with Gasteiger partial charge >= 0.3 is 0 Å². The molecule has 0 radical (unpaired) electrons. The number of thiol groups is 1. The van der Waals surface area contributed by atoms with Crippen molar-refractivity contribution in [3.63, 3.8) is 0 Å². The molecule has 1 rings (SSSR count). The van der Waals surface area contributed by atoms with E-state index in [4.69, 9.17) is 4.74 Å². The number of carbonyl (C=O) groups excluding carboxylic acids is 1. The minimum Gasteiger partial charge on any atom is -0.379 e. The van der Waals surface area contributed by atoms with Crippen molar-refractivity contribution in [2.24, 2.45) is 0 Å². The van der Waals surface area contributed by atoms with E-state index in [2.05, 4.69) is 17.5 Å². The lowest BCUT2D eigenvalue weighted by Crippen LogP contribution is -2.53. The Bertz CT molecular complexity index is 166. The van der Waals surface area contributed by atoms with Gasteiger partial charge in [-0.25, -0.2) is 0 Å². The number of methoxy groups -OCH3 is 1. The van der Waals surface area contributed by atoms with Gasteiger partial charge in [0.1, 0.15) is 0 Å². The van der Waals surface area contributed by atoms with Gasteiger partial charge in [-0.1, -0.05) is 0 Å². The number of Topliss-reactive ketones (excluding diaryl/α,β-unsaturated/α-hetero) is 1. The Balaban J connectivity index is 2.14. The van der Waals surface area contributed by atoms with Crippen molar-refractivity contribution >= 4 is 18.4 Å². The molecule has 3 nitrogen and oxygen atoms in total. The summed E-state index contributed by atoms with van der Waals surface area (Å²) >= 11 is 4.07. The van der Waals surface area contributed by atoms with E-state index in [-0.39, 0.29) is 11.0 Å². The van der Waals surface area contributed by atoms with Crippen LogP contribution < -0.4 is 0 Å². The lowest BCUT2D eigenvalue weighted by Gasteiger charge is -2.37. The Morgan fingerprint density at radius 1 is 1.75 bits per heavy atom. The van der Waals surface area contributed by atoms with Crippen molar-refractivity contribution in [1.29, 1.82) is 0 Å². The molecule has 1 unspecified atom stereocenters. The van der Waals surface area contributed by atoms with Crippen molar-refractivity contribution in [2.75, 3.05) is 26.7 Å². The fourth-order valence-electron chi connectivity index (χ4n) is 1.15. The van der Waals surface area contributed by atoms with E-state index >= 15 is 0 Å². The Labute approximate surface area is 78.5 Å². The normalized spacial score (nSPS) is 21.9. The molecule has 0 saturated carbocycles. The third kappa shape index (κ3) is 2.47. The molecule has 12 heavy (non-hydrogen) atoms. The Hall–Kier alpha value is -0.0600. The maximum absolute atomic E-state index is 11.2. The zero-order chi connectivity index (χ0) is 9.14. The maximum Gasteiger partial charge on any atom is 0.159 e. The highest BCUT2D eigenvalue weighted by Gasteiger charge is 2.28. The fraction of sp³-hybridized carbons (Fsp3) is 0.875. The summed E-state index contributed by atoms with van der Waals surface area (Å²) in [4.78, 5) is 13.3. The second kappa shape index (κ2) is 4.25. The molecule has 0 amide bonds. The summed E-state index contributed by atoms with van der Waals surface area (Å²) in [6, 6.07) is 0. The van der Waals surface area contributed by atoms with Gasteiger partial charge in [0.25, 0.3) is 0 Å².